The molecule has 170 valence electrons. The van der Waals surface area contributed by atoms with Crippen LogP contribution in [0.1, 0.15) is 29.1 Å². The van der Waals surface area contributed by atoms with E-state index in [1.165, 1.54) is 11.3 Å². The highest BCUT2D eigenvalue weighted by Crippen LogP contribution is 2.30. The number of aryl methyl sites for hydroxylation is 1. The van der Waals surface area contributed by atoms with Crippen molar-refractivity contribution in [1.82, 2.24) is 24.6 Å². The highest BCUT2D eigenvalue weighted by Gasteiger charge is 2.15. The molecule has 4 rings (SSSR count). The zero-order valence-corrected chi connectivity index (χ0v) is 20.0. The molecule has 0 bridgehead atoms. The summed E-state index contributed by atoms with van der Waals surface area (Å²) in [5, 5.41) is 18.8. The van der Waals surface area contributed by atoms with Gasteiger partial charge in [0, 0.05) is 36.2 Å². The smallest absolute Gasteiger partial charge is 0.226 e. The van der Waals surface area contributed by atoms with Gasteiger partial charge < -0.3 is 15.8 Å². The summed E-state index contributed by atoms with van der Waals surface area (Å²) < 4.78 is 7.10. The van der Waals surface area contributed by atoms with E-state index < -0.39 is 0 Å². The fourth-order valence-corrected chi connectivity index (χ4v) is 4.47. The maximum atomic E-state index is 9.04. The Labute approximate surface area is 204 Å². The molecule has 12 heteroatoms. The maximum Gasteiger partial charge on any atom is 0.226 e. The van der Waals surface area contributed by atoms with E-state index in [2.05, 4.69) is 26.5 Å². The molecule has 33 heavy (non-hydrogen) atoms. The van der Waals surface area contributed by atoms with E-state index in [4.69, 9.17) is 43.9 Å². The van der Waals surface area contributed by atoms with Crippen LogP contribution in [0.2, 0.25) is 10.0 Å². The van der Waals surface area contributed by atoms with Gasteiger partial charge in [0.15, 0.2) is 17.3 Å². The normalized spacial score (nSPS) is 11.1. The van der Waals surface area contributed by atoms with Crippen LogP contribution in [0.25, 0.3) is 16.9 Å². The lowest BCUT2D eigenvalue weighted by Crippen LogP contribution is -2.10. The minimum Gasteiger partial charge on any atom is -0.382 e. The highest BCUT2D eigenvalue weighted by atomic mass is 35.5. The number of hydrogen-bond acceptors (Lipinski definition) is 9. The van der Waals surface area contributed by atoms with Gasteiger partial charge in [-0.15, -0.1) is 16.4 Å². The molecule has 0 saturated heterocycles. The Morgan fingerprint density at radius 1 is 1.24 bits per heavy atom. The molecular weight excluding hydrogens is 483 g/mol. The summed E-state index contributed by atoms with van der Waals surface area (Å²) in [4.78, 5) is 14.0. The number of nitriles is 1. The Morgan fingerprint density at radius 2 is 2.09 bits per heavy atom. The average Bonchev–Trinajstić information content (AvgIpc) is 3.37. The summed E-state index contributed by atoms with van der Waals surface area (Å²) in [6.07, 6.45) is 1.44. The second-order valence-corrected chi connectivity index (χ2v) is 8.92. The van der Waals surface area contributed by atoms with Gasteiger partial charge in [0.2, 0.25) is 5.95 Å². The van der Waals surface area contributed by atoms with Gasteiger partial charge in [-0.1, -0.05) is 23.2 Å². The van der Waals surface area contributed by atoms with E-state index >= 15 is 0 Å². The number of fused-ring (bicyclic) bond motifs is 1. The molecule has 0 unspecified atom stereocenters. The van der Waals surface area contributed by atoms with Crippen LogP contribution in [0.4, 0.5) is 11.8 Å². The van der Waals surface area contributed by atoms with Crippen LogP contribution < -0.4 is 11.1 Å². The third kappa shape index (κ3) is 5.34. The molecule has 0 aliphatic carbocycles. The zero-order chi connectivity index (χ0) is 23.4. The van der Waals surface area contributed by atoms with E-state index in [1.807, 2.05) is 19.1 Å². The quantitative estimate of drug-likeness (QED) is 0.318. The van der Waals surface area contributed by atoms with Gasteiger partial charge >= 0.3 is 0 Å². The van der Waals surface area contributed by atoms with Gasteiger partial charge in [0.25, 0.3) is 0 Å². The molecule has 1 aromatic carbocycles. The molecule has 9 nitrogen and oxygen atoms in total. The van der Waals surface area contributed by atoms with Crippen LogP contribution in [0.3, 0.4) is 0 Å². The lowest BCUT2D eigenvalue weighted by molar-refractivity contribution is 0.128. The molecule has 3 aromatic heterocycles. The number of nitrogens with two attached hydrogens (primary N) is 1. The summed E-state index contributed by atoms with van der Waals surface area (Å²) in [7, 11) is 0. The lowest BCUT2D eigenvalue weighted by atomic mass is 10.1. The molecule has 0 aliphatic heterocycles. The molecule has 0 spiro atoms. The van der Waals surface area contributed by atoms with Crippen molar-refractivity contribution in [2.24, 2.45) is 0 Å². The van der Waals surface area contributed by atoms with Crippen molar-refractivity contribution in [1.29, 1.82) is 5.26 Å². The van der Waals surface area contributed by atoms with E-state index in [0.29, 0.717) is 64.2 Å². The second-order valence-electron chi connectivity index (χ2n) is 6.99. The van der Waals surface area contributed by atoms with Gasteiger partial charge in [-0.25, -0.2) is 15.0 Å². The van der Waals surface area contributed by atoms with Crippen LogP contribution in [0, 0.1) is 11.3 Å². The van der Waals surface area contributed by atoms with Crippen LogP contribution in [0.15, 0.2) is 24.3 Å². The highest BCUT2D eigenvalue weighted by molar-refractivity contribution is 7.12. The van der Waals surface area contributed by atoms with E-state index in [1.54, 1.807) is 16.6 Å². The van der Waals surface area contributed by atoms with E-state index in [0.717, 1.165) is 17.0 Å². The molecule has 3 heterocycles. The van der Waals surface area contributed by atoms with E-state index in [9.17, 15) is 0 Å². The van der Waals surface area contributed by atoms with Gasteiger partial charge in [0.1, 0.15) is 17.6 Å². The summed E-state index contributed by atoms with van der Waals surface area (Å²) >= 11 is 13.8. The number of rotatable bonds is 9. The topological polar surface area (TPSA) is 127 Å². The number of nitrogen functional groups attached to an aromatic ring is 1. The van der Waals surface area contributed by atoms with Gasteiger partial charge in [-0.3, -0.25) is 0 Å². The van der Waals surface area contributed by atoms with Crippen molar-refractivity contribution in [2.45, 2.75) is 26.4 Å². The van der Waals surface area contributed by atoms with Gasteiger partial charge in [0.05, 0.1) is 15.7 Å². The average molecular weight is 503 g/mol. The number of hydrogen-bond donors (Lipinski definition) is 2. The van der Waals surface area contributed by atoms with Crippen LogP contribution in [-0.2, 0) is 17.8 Å². The molecule has 0 atom stereocenters. The summed E-state index contributed by atoms with van der Waals surface area (Å²) in [5.41, 5.74) is 7.75. The maximum absolute atomic E-state index is 9.04. The molecule has 3 N–H and O–H groups in total. The molecular formula is C21H20Cl2N8OS. The predicted molar refractivity (Wildman–Crippen MR) is 130 cm³/mol. The van der Waals surface area contributed by atoms with Crippen LogP contribution >= 0.6 is 34.5 Å². The zero-order valence-electron chi connectivity index (χ0n) is 17.7. The van der Waals surface area contributed by atoms with Crippen molar-refractivity contribution < 1.29 is 4.74 Å². The standard InChI is InChI=1S/C21H20Cl2N8OS/c1-2-32-11-17-28-18-9-15(13-6-5-12(22)8-14(13)23)27-21(31(18)30-17)26-7-3-4-19-29-20(25)16(10-24)33-19/h5-6,8-9H,2-4,7,11,25H2,1H3,(H,26,27). The minimum atomic E-state index is 0.283. The molecule has 0 amide bonds. The number of aromatic nitrogens is 5. The van der Waals surface area contributed by atoms with Crippen molar-refractivity contribution in [3.63, 3.8) is 0 Å². The Hall–Kier alpha value is -2.97. The number of nitrogens with one attached hydrogen (secondary N) is 1. The third-order valence-corrected chi connectivity index (χ3v) is 6.24. The van der Waals surface area contributed by atoms with Crippen molar-refractivity contribution in [3.8, 4) is 17.3 Å². The second kappa shape index (κ2) is 10.3. The van der Waals surface area contributed by atoms with Gasteiger partial charge in [-0.2, -0.15) is 9.78 Å². The number of thiazole rings is 1. The first-order valence-corrected chi connectivity index (χ1v) is 11.7. The fraction of sp³-hybridized carbons (Fsp3) is 0.286. The minimum absolute atomic E-state index is 0.283. The Kier molecular flexibility index (Phi) is 7.25. The number of anilines is 2. The van der Waals surface area contributed by atoms with Crippen molar-refractivity contribution in [3.05, 3.63) is 50.0 Å². The Morgan fingerprint density at radius 3 is 2.82 bits per heavy atom. The van der Waals surface area contributed by atoms with Gasteiger partial charge in [-0.05, 0) is 31.5 Å². The Bertz CT molecular complexity index is 1330. The van der Waals surface area contributed by atoms with Crippen LogP contribution in [-0.4, -0.2) is 37.7 Å². The van der Waals surface area contributed by atoms with Crippen molar-refractivity contribution in [2.75, 3.05) is 24.2 Å². The summed E-state index contributed by atoms with van der Waals surface area (Å²) in [6, 6.07) is 9.15. The molecule has 4 aromatic rings. The third-order valence-electron chi connectivity index (χ3n) is 4.66. The summed E-state index contributed by atoms with van der Waals surface area (Å²) in [5.74, 6) is 1.37. The lowest BCUT2D eigenvalue weighted by Gasteiger charge is -2.10. The molecule has 0 radical (unpaired) electrons. The monoisotopic (exact) mass is 502 g/mol. The first-order chi connectivity index (χ1) is 16.0. The fourth-order valence-electron chi connectivity index (χ4n) is 3.14. The molecule has 0 fully saturated rings. The number of nitrogens with zero attached hydrogens (tertiary/aromatic N) is 6. The van der Waals surface area contributed by atoms with E-state index in [-0.39, 0.29) is 5.82 Å². The number of benzene rings is 1. The van der Waals surface area contributed by atoms with Crippen molar-refractivity contribution >= 4 is 52.0 Å². The summed E-state index contributed by atoms with van der Waals surface area (Å²) in [6.45, 7) is 3.39. The SMILES string of the molecule is CCOCc1nc2cc(-c3ccc(Cl)cc3Cl)nc(NCCCc3nc(N)c(C#N)s3)n2n1. The molecule has 0 aliphatic rings. The largest absolute Gasteiger partial charge is 0.382 e. The first-order valence-electron chi connectivity index (χ1n) is 10.2. The Balaban J connectivity index is 1.58. The first kappa shape index (κ1) is 23.2. The molecule has 0 saturated carbocycles. The number of ether oxygens (including phenoxy) is 1. The van der Waals surface area contributed by atoms with Crippen LogP contribution in [0.5, 0.6) is 0 Å². The number of halogens is 2. The predicted octanol–water partition coefficient (Wildman–Crippen LogP) is 4.59.